The van der Waals surface area contributed by atoms with Crippen LogP contribution < -0.4 is 0 Å². The Morgan fingerprint density at radius 2 is 2.11 bits per heavy atom. The zero-order valence-corrected chi connectivity index (χ0v) is 11.2. The van der Waals surface area contributed by atoms with Gasteiger partial charge in [-0.2, -0.15) is 11.3 Å². The van der Waals surface area contributed by atoms with Gasteiger partial charge in [0.2, 0.25) is 5.90 Å². The average molecular weight is 290 g/mol. The van der Waals surface area contributed by atoms with E-state index in [1.165, 1.54) is 0 Å². The fraction of sp³-hybridized carbons (Fsp3) is 0. The van der Waals surface area contributed by atoms with Gasteiger partial charge in [0.05, 0.1) is 10.6 Å². The van der Waals surface area contributed by atoms with Crippen molar-refractivity contribution in [1.82, 2.24) is 0 Å². The predicted octanol–water partition coefficient (Wildman–Crippen LogP) is 3.75. The number of aliphatic imine (C=N–C) groups is 1. The van der Waals surface area contributed by atoms with Crippen molar-refractivity contribution in [3.8, 4) is 0 Å². The van der Waals surface area contributed by atoms with Gasteiger partial charge in [-0.15, -0.1) is 0 Å². The number of carbonyl (C=O) groups excluding carboxylic acids is 1. The van der Waals surface area contributed by atoms with E-state index in [-0.39, 0.29) is 11.6 Å². The normalized spacial score (nSPS) is 16.6. The van der Waals surface area contributed by atoms with Crippen molar-refractivity contribution in [1.29, 1.82) is 0 Å². The lowest BCUT2D eigenvalue weighted by molar-refractivity contribution is -0.129. The Balaban J connectivity index is 1.98. The van der Waals surface area contributed by atoms with Crippen LogP contribution in [0.2, 0.25) is 5.02 Å². The highest BCUT2D eigenvalue weighted by molar-refractivity contribution is 7.08. The number of ether oxygens (including phenoxy) is 1. The number of thiophene rings is 1. The second-order valence-electron chi connectivity index (χ2n) is 3.87. The maximum Gasteiger partial charge on any atom is 0.363 e. The lowest BCUT2D eigenvalue weighted by Gasteiger charge is -2.00. The summed E-state index contributed by atoms with van der Waals surface area (Å²) in [5.74, 6) is -0.210. The van der Waals surface area contributed by atoms with E-state index < -0.39 is 5.97 Å². The van der Waals surface area contributed by atoms with Crippen LogP contribution in [0, 0.1) is 0 Å². The molecule has 0 unspecified atom stereocenters. The number of esters is 1. The number of carbonyl (C=O) groups is 1. The molecular formula is C14H8ClNO2S. The fourth-order valence-corrected chi connectivity index (χ4v) is 2.51. The summed E-state index contributed by atoms with van der Waals surface area (Å²) in [6.45, 7) is 0. The topological polar surface area (TPSA) is 38.7 Å². The third-order valence-corrected chi connectivity index (χ3v) is 3.60. The molecule has 19 heavy (non-hydrogen) atoms. The molecule has 1 aliphatic rings. The number of halogens is 1. The number of rotatable bonds is 2. The summed E-state index contributed by atoms with van der Waals surface area (Å²) >= 11 is 7.61. The summed E-state index contributed by atoms with van der Waals surface area (Å²) < 4.78 is 5.15. The summed E-state index contributed by atoms with van der Waals surface area (Å²) in [7, 11) is 0. The van der Waals surface area contributed by atoms with E-state index in [0.29, 0.717) is 10.6 Å². The molecule has 0 spiro atoms. The summed E-state index contributed by atoms with van der Waals surface area (Å²) in [5, 5.41) is 4.38. The fourth-order valence-electron chi connectivity index (χ4n) is 1.67. The largest absolute Gasteiger partial charge is 0.402 e. The van der Waals surface area contributed by atoms with Gasteiger partial charge in [0.1, 0.15) is 0 Å². The molecule has 5 heteroatoms. The molecule has 0 aliphatic carbocycles. The molecule has 94 valence electrons. The first-order chi connectivity index (χ1) is 9.24. The number of benzene rings is 1. The van der Waals surface area contributed by atoms with Crippen LogP contribution in [-0.4, -0.2) is 11.9 Å². The molecule has 3 rings (SSSR count). The van der Waals surface area contributed by atoms with E-state index in [1.807, 2.05) is 29.0 Å². The van der Waals surface area contributed by atoms with E-state index in [2.05, 4.69) is 4.99 Å². The smallest absolute Gasteiger partial charge is 0.363 e. The highest BCUT2D eigenvalue weighted by Crippen LogP contribution is 2.23. The van der Waals surface area contributed by atoms with Crippen LogP contribution in [0.3, 0.4) is 0 Å². The molecule has 0 fully saturated rings. The van der Waals surface area contributed by atoms with Gasteiger partial charge in [0.15, 0.2) is 5.70 Å². The first-order valence-electron chi connectivity index (χ1n) is 5.54. The Kier molecular flexibility index (Phi) is 3.19. The van der Waals surface area contributed by atoms with Crippen LogP contribution in [-0.2, 0) is 9.53 Å². The van der Waals surface area contributed by atoms with Crippen molar-refractivity contribution >= 4 is 40.9 Å². The van der Waals surface area contributed by atoms with Crippen molar-refractivity contribution in [3.05, 3.63) is 62.9 Å². The van der Waals surface area contributed by atoms with E-state index in [4.69, 9.17) is 16.3 Å². The zero-order chi connectivity index (χ0) is 13.2. The Labute approximate surface area is 118 Å². The predicted molar refractivity (Wildman–Crippen MR) is 76.4 cm³/mol. The Morgan fingerprint density at radius 3 is 2.84 bits per heavy atom. The SMILES string of the molecule is O=C1OC(c2ccccc2Cl)=N/C1=C\c1ccsc1. The summed E-state index contributed by atoms with van der Waals surface area (Å²) in [6.07, 6.45) is 1.70. The van der Waals surface area contributed by atoms with Crippen LogP contribution in [0.25, 0.3) is 6.08 Å². The molecule has 0 saturated heterocycles. The monoisotopic (exact) mass is 289 g/mol. The molecule has 0 bridgehead atoms. The van der Waals surface area contributed by atoms with Crippen molar-refractivity contribution < 1.29 is 9.53 Å². The minimum absolute atomic E-state index is 0.247. The Hall–Kier alpha value is -1.91. The van der Waals surface area contributed by atoms with Gasteiger partial charge < -0.3 is 4.74 Å². The lowest BCUT2D eigenvalue weighted by Crippen LogP contribution is -2.05. The second-order valence-corrected chi connectivity index (χ2v) is 5.06. The minimum atomic E-state index is -0.457. The molecule has 0 N–H and O–H groups in total. The number of hydrogen-bond donors (Lipinski definition) is 0. The van der Waals surface area contributed by atoms with Crippen molar-refractivity contribution in [2.45, 2.75) is 0 Å². The van der Waals surface area contributed by atoms with Gasteiger partial charge >= 0.3 is 5.97 Å². The maximum atomic E-state index is 11.8. The summed E-state index contributed by atoms with van der Waals surface area (Å²) in [6, 6.07) is 9.03. The van der Waals surface area contributed by atoms with Gasteiger partial charge in [-0.05, 0) is 40.6 Å². The molecule has 0 amide bonds. The second kappa shape index (κ2) is 4.99. The highest BCUT2D eigenvalue weighted by Gasteiger charge is 2.25. The molecule has 1 aromatic carbocycles. The molecule has 1 aromatic heterocycles. The minimum Gasteiger partial charge on any atom is -0.402 e. The number of cyclic esters (lactones) is 1. The van der Waals surface area contributed by atoms with Crippen LogP contribution in [0.5, 0.6) is 0 Å². The molecule has 0 saturated carbocycles. The van der Waals surface area contributed by atoms with Gasteiger partial charge in [-0.1, -0.05) is 23.7 Å². The standard InChI is InChI=1S/C14H8ClNO2S/c15-11-4-2-1-3-10(11)13-16-12(14(17)18-13)7-9-5-6-19-8-9/h1-8H/b12-7-. The molecule has 0 atom stereocenters. The summed E-state index contributed by atoms with van der Waals surface area (Å²) in [4.78, 5) is 16.0. The van der Waals surface area contributed by atoms with Crippen LogP contribution >= 0.6 is 22.9 Å². The third-order valence-electron chi connectivity index (χ3n) is 2.57. The number of nitrogens with zero attached hydrogens (tertiary/aromatic N) is 1. The molecule has 0 radical (unpaired) electrons. The van der Waals surface area contributed by atoms with Crippen LogP contribution in [0.15, 0.2) is 51.8 Å². The first-order valence-corrected chi connectivity index (χ1v) is 6.86. The lowest BCUT2D eigenvalue weighted by atomic mass is 10.2. The van der Waals surface area contributed by atoms with Gasteiger partial charge in [0, 0.05) is 0 Å². The highest BCUT2D eigenvalue weighted by atomic mass is 35.5. The van der Waals surface area contributed by atoms with Crippen molar-refractivity contribution in [2.24, 2.45) is 4.99 Å². The van der Waals surface area contributed by atoms with Crippen molar-refractivity contribution in [3.63, 3.8) is 0 Å². The molecular weight excluding hydrogens is 282 g/mol. The molecule has 3 nitrogen and oxygen atoms in total. The summed E-state index contributed by atoms with van der Waals surface area (Å²) in [5.41, 5.74) is 1.83. The first kappa shape index (κ1) is 12.1. The van der Waals surface area contributed by atoms with Gasteiger partial charge in [-0.25, -0.2) is 9.79 Å². The maximum absolute atomic E-state index is 11.8. The Morgan fingerprint density at radius 1 is 1.26 bits per heavy atom. The van der Waals surface area contributed by atoms with Crippen molar-refractivity contribution in [2.75, 3.05) is 0 Å². The molecule has 2 aromatic rings. The molecule has 1 aliphatic heterocycles. The van der Waals surface area contributed by atoms with E-state index in [0.717, 1.165) is 5.56 Å². The van der Waals surface area contributed by atoms with E-state index in [1.54, 1.807) is 29.5 Å². The Bertz CT molecular complexity index is 689. The van der Waals surface area contributed by atoms with E-state index in [9.17, 15) is 4.79 Å². The van der Waals surface area contributed by atoms with E-state index >= 15 is 0 Å². The zero-order valence-electron chi connectivity index (χ0n) is 9.67. The van der Waals surface area contributed by atoms with Gasteiger partial charge in [-0.3, -0.25) is 0 Å². The molecule has 2 heterocycles. The average Bonchev–Trinajstić information content (AvgIpc) is 3.02. The third kappa shape index (κ3) is 2.45. The number of hydrogen-bond acceptors (Lipinski definition) is 4. The van der Waals surface area contributed by atoms with Crippen LogP contribution in [0.1, 0.15) is 11.1 Å². The van der Waals surface area contributed by atoms with Crippen LogP contribution in [0.4, 0.5) is 0 Å². The quantitative estimate of drug-likeness (QED) is 0.624. The van der Waals surface area contributed by atoms with Gasteiger partial charge in [0.25, 0.3) is 0 Å².